The van der Waals surface area contributed by atoms with E-state index >= 15 is 0 Å². The van der Waals surface area contributed by atoms with E-state index < -0.39 is 15.9 Å². The van der Waals surface area contributed by atoms with E-state index in [9.17, 15) is 18.5 Å². The molecule has 0 atom stereocenters. The van der Waals surface area contributed by atoms with Crippen molar-refractivity contribution in [3.8, 4) is 11.8 Å². The Morgan fingerprint density at radius 3 is 2.50 bits per heavy atom. The third-order valence-corrected chi connectivity index (χ3v) is 4.70. The van der Waals surface area contributed by atoms with Crippen LogP contribution in [-0.2, 0) is 21.4 Å². The number of nitrogens with one attached hydrogen (secondary N) is 2. The molecule has 2 aromatic carbocycles. The normalized spacial score (nSPS) is 11.4. The van der Waals surface area contributed by atoms with Crippen LogP contribution in [0.15, 0.2) is 59.1 Å². The lowest BCUT2D eigenvalue weighted by Gasteiger charge is -2.10. The predicted molar refractivity (Wildman–Crippen MR) is 105 cm³/mol. The second-order valence-corrected chi connectivity index (χ2v) is 7.46. The Morgan fingerprint density at radius 1 is 1.25 bits per heavy atom. The van der Waals surface area contributed by atoms with Crippen LogP contribution in [0.4, 0.5) is 5.69 Å². The van der Waals surface area contributed by atoms with E-state index in [0.29, 0.717) is 11.4 Å². The van der Waals surface area contributed by atoms with Gasteiger partial charge in [0.2, 0.25) is 10.0 Å². The zero-order valence-electron chi connectivity index (χ0n) is 15.4. The molecule has 0 bridgehead atoms. The van der Waals surface area contributed by atoms with Crippen LogP contribution in [0.1, 0.15) is 11.1 Å². The highest BCUT2D eigenvalue weighted by Crippen LogP contribution is 2.25. The van der Waals surface area contributed by atoms with Gasteiger partial charge in [-0.15, -0.1) is 0 Å². The second kappa shape index (κ2) is 9.03. The first-order chi connectivity index (χ1) is 13.2. The summed E-state index contributed by atoms with van der Waals surface area (Å²) < 4.78 is 27.7. The van der Waals surface area contributed by atoms with Crippen LogP contribution in [0.5, 0.6) is 5.75 Å². The van der Waals surface area contributed by atoms with Gasteiger partial charge in [-0.05, 0) is 42.3 Å². The molecule has 0 saturated carbocycles. The molecule has 9 heteroatoms. The smallest absolute Gasteiger partial charge is 0.267 e. The fourth-order valence-corrected chi connectivity index (χ4v) is 2.84. The number of benzene rings is 2. The Balaban J connectivity index is 2.05. The lowest BCUT2D eigenvalue weighted by Crippen LogP contribution is -2.17. The summed E-state index contributed by atoms with van der Waals surface area (Å²) in [6, 6.07) is 13.1. The number of nitrogens with two attached hydrogens (primary N) is 1. The zero-order chi connectivity index (χ0) is 20.7. The van der Waals surface area contributed by atoms with E-state index in [0.717, 1.165) is 11.1 Å². The quantitative estimate of drug-likeness (QED) is 0.479. The number of hydrogen-bond donors (Lipinski definition) is 3. The topological polar surface area (TPSA) is 134 Å². The number of nitriles is 1. The van der Waals surface area contributed by atoms with Gasteiger partial charge >= 0.3 is 0 Å². The molecular formula is C19H20N4O4S. The van der Waals surface area contributed by atoms with Crippen molar-refractivity contribution < 1.29 is 17.9 Å². The molecule has 0 fully saturated rings. The van der Waals surface area contributed by atoms with Crippen molar-refractivity contribution in [2.75, 3.05) is 12.4 Å². The Labute approximate surface area is 163 Å². The number of carbonyl (C=O) groups excluding carboxylic acids is 1. The van der Waals surface area contributed by atoms with E-state index in [4.69, 9.17) is 9.88 Å². The molecule has 28 heavy (non-hydrogen) atoms. The van der Waals surface area contributed by atoms with Crippen molar-refractivity contribution in [3.05, 3.63) is 65.4 Å². The van der Waals surface area contributed by atoms with Gasteiger partial charge in [0.25, 0.3) is 5.91 Å². The maximum Gasteiger partial charge on any atom is 0.267 e. The van der Waals surface area contributed by atoms with Crippen LogP contribution in [0.3, 0.4) is 0 Å². The molecule has 0 radical (unpaired) electrons. The molecule has 1 amide bonds. The fourth-order valence-electron chi connectivity index (χ4n) is 2.33. The molecule has 2 rings (SSSR count). The number of nitrogens with zero attached hydrogens (tertiary/aromatic N) is 1. The van der Waals surface area contributed by atoms with Gasteiger partial charge < -0.3 is 15.4 Å². The minimum atomic E-state index is -3.75. The molecule has 0 heterocycles. The summed E-state index contributed by atoms with van der Waals surface area (Å²) in [4.78, 5) is 12.4. The molecule has 0 spiro atoms. The molecule has 0 aliphatic heterocycles. The number of rotatable bonds is 7. The maximum absolute atomic E-state index is 12.3. The highest BCUT2D eigenvalue weighted by Gasteiger charge is 2.12. The first-order valence-corrected chi connectivity index (χ1v) is 9.70. The monoisotopic (exact) mass is 400 g/mol. The number of anilines is 1. The van der Waals surface area contributed by atoms with Crippen molar-refractivity contribution in [1.82, 2.24) is 5.32 Å². The molecule has 0 aliphatic carbocycles. The van der Waals surface area contributed by atoms with Gasteiger partial charge in [0.15, 0.2) is 0 Å². The summed E-state index contributed by atoms with van der Waals surface area (Å²) in [5, 5.41) is 19.8. The van der Waals surface area contributed by atoms with E-state index in [1.54, 1.807) is 24.3 Å². The van der Waals surface area contributed by atoms with E-state index in [-0.39, 0.29) is 17.0 Å². The van der Waals surface area contributed by atoms with Crippen LogP contribution in [-0.4, -0.2) is 21.4 Å². The lowest BCUT2D eigenvalue weighted by molar-refractivity contribution is -0.112. The first kappa shape index (κ1) is 21.0. The van der Waals surface area contributed by atoms with Gasteiger partial charge in [0.1, 0.15) is 17.4 Å². The van der Waals surface area contributed by atoms with Crippen molar-refractivity contribution in [2.45, 2.75) is 18.4 Å². The van der Waals surface area contributed by atoms with Crippen LogP contribution >= 0.6 is 0 Å². The standard InChI is InChI=1S/C19H20N4O4S/c1-13-3-8-18(27-2)17(9-13)23-19(24)15(10-20)12-22-11-14-4-6-16(7-5-14)28(21,25)26/h3-9,12,22H,11H2,1-2H3,(H,23,24)(H2,21,25,26)/b15-12-. The van der Waals surface area contributed by atoms with Gasteiger partial charge in [-0.25, -0.2) is 13.6 Å². The summed E-state index contributed by atoms with van der Waals surface area (Å²) in [5.74, 6) is -0.0948. The summed E-state index contributed by atoms with van der Waals surface area (Å²) in [5.41, 5.74) is 2.03. The van der Waals surface area contributed by atoms with Gasteiger partial charge in [-0.3, -0.25) is 4.79 Å². The molecule has 8 nitrogen and oxygen atoms in total. The second-order valence-electron chi connectivity index (χ2n) is 5.90. The molecule has 4 N–H and O–H groups in total. The fraction of sp³-hybridized carbons (Fsp3) is 0.158. The Kier molecular flexibility index (Phi) is 6.76. The third kappa shape index (κ3) is 5.57. The zero-order valence-corrected chi connectivity index (χ0v) is 16.2. The van der Waals surface area contributed by atoms with Gasteiger partial charge in [-0.1, -0.05) is 18.2 Å². The minimum absolute atomic E-state index is 0.0102. The number of sulfonamides is 1. The SMILES string of the molecule is COc1ccc(C)cc1NC(=O)/C(C#N)=C\NCc1ccc(S(N)(=O)=O)cc1. The molecule has 2 aromatic rings. The van der Waals surface area contributed by atoms with Crippen LogP contribution in [0.25, 0.3) is 0 Å². The predicted octanol–water partition coefficient (Wildman–Crippen LogP) is 1.79. The number of carbonyl (C=O) groups is 1. The summed E-state index contributed by atoms with van der Waals surface area (Å²) in [6.45, 7) is 2.16. The molecule has 0 aliphatic rings. The summed E-state index contributed by atoms with van der Waals surface area (Å²) >= 11 is 0. The largest absolute Gasteiger partial charge is 0.495 e. The average molecular weight is 400 g/mol. The molecule has 0 aromatic heterocycles. The maximum atomic E-state index is 12.3. The average Bonchev–Trinajstić information content (AvgIpc) is 2.65. The molecule has 146 valence electrons. The summed E-state index contributed by atoms with van der Waals surface area (Å²) in [7, 11) is -2.26. The Hall–Kier alpha value is -3.35. The highest BCUT2D eigenvalue weighted by atomic mass is 32.2. The van der Waals surface area contributed by atoms with Crippen LogP contribution in [0, 0.1) is 18.3 Å². The first-order valence-electron chi connectivity index (χ1n) is 8.16. The Bertz CT molecular complexity index is 1040. The number of amides is 1. The number of ether oxygens (including phenoxy) is 1. The van der Waals surface area contributed by atoms with Crippen LogP contribution < -0.4 is 20.5 Å². The number of primary sulfonamides is 1. The molecular weight excluding hydrogens is 380 g/mol. The Morgan fingerprint density at radius 2 is 1.93 bits per heavy atom. The van der Waals surface area contributed by atoms with Crippen LogP contribution in [0.2, 0.25) is 0 Å². The van der Waals surface area contributed by atoms with Crippen molar-refractivity contribution in [2.24, 2.45) is 5.14 Å². The lowest BCUT2D eigenvalue weighted by atomic mass is 10.2. The molecule has 0 unspecified atom stereocenters. The van der Waals surface area contributed by atoms with Gasteiger partial charge in [0, 0.05) is 12.7 Å². The van der Waals surface area contributed by atoms with Gasteiger partial charge in [-0.2, -0.15) is 5.26 Å². The third-order valence-electron chi connectivity index (χ3n) is 3.77. The van der Waals surface area contributed by atoms with Crippen molar-refractivity contribution in [1.29, 1.82) is 5.26 Å². The molecule has 0 saturated heterocycles. The van der Waals surface area contributed by atoms with E-state index in [1.165, 1.54) is 25.4 Å². The number of aryl methyl sites for hydroxylation is 1. The van der Waals surface area contributed by atoms with Gasteiger partial charge in [0.05, 0.1) is 17.7 Å². The number of methoxy groups -OCH3 is 1. The minimum Gasteiger partial charge on any atom is -0.495 e. The van der Waals surface area contributed by atoms with Crippen molar-refractivity contribution in [3.63, 3.8) is 0 Å². The van der Waals surface area contributed by atoms with E-state index in [1.807, 2.05) is 19.1 Å². The summed E-state index contributed by atoms with van der Waals surface area (Å²) in [6.07, 6.45) is 1.30. The van der Waals surface area contributed by atoms with E-state index in [2.05, 4.69) is 10.6 Å². The van der Waals surface area contributed by atoms with Crippen molar-refractivity contribution >= 4 is 21.6 Å². The highest BCUT2D eigenvalue weighted by molar-refractivity contribution is 7.89. The number of hydrogen-bond acceptors (Lipinski definition) is 6.